The second-order valence-corrected chi connectivity index (χ2v) is 2.08. The number of primary amides is 1. The molecule has 0 aliphatic carbocycles. The Morgan fingerprint density at radius 1 is 1.58 bits per heavy atom. The van der Waals surface area contributed by atoms with Crippen molar-refractivity contribution in [1.29, 1.82) is 0 Å². The highest BCUT2D eigenvalue weighted by Crippen LogP contribution is 2.14. The topological polar surface area (TPSA) is 63.4 Å². The monoisotopic (exact) mass is 168 g/mol. The summed E-state index contributed by atoms with van der Waals surface area (Å²) in [5.41, 5.74) is 4.56. The summed E-state index contributed by atoms with van der Waals surface area (Å²) in [6, 6.07) is 0. The van der Waals surface area contributed by atoms with Crippen LogP contribution in [0.25, 0.3) is 0 Å². The number of hydrogen-bond donors (Lipinski definition) is 1. The number of rotatable bonds is 1. The first-order valence-corrected chi connectivity index (χ1v) is 3.05. The van der Waals surface area contributed by atoms with Crippen LogP contribution in [0.3, 0.4) is 0 Å². The summed E-state index contributed by atoms with van der Waals surface area (Å²) < 4.78 is 12.7. The third-order valence-corrected chi connectivity index (χ3v) is 1.29. The molecule has 1 heterocycles. The van der Waals surface area contributed by atoms with E-state index in [4.69, 9.17) is 5.73 Å². The molecule has 0 saturated heterocycles. The summed E-state index contributed by atoms with van der Waals surface area (Å²) in [6.07, 6.45) is 3.19. The molecule has 0 aromatic rings. The summed E-state index contributed by atoms with van der Waals surface area (Å²) in [7, 11) is 0. The molecule has 5 heteroatoms. The van der Waals surface area contributed by atoms with E-state index in [9.17, 15) is 14.1 Å². The van der Waals surface area contributed by atoms with Gasteiger partial charge in [-0.2, -0.15) is 5.12 Å². The van der Waals surface area contributed by atoms with E-state index in [0.29, 0.717) is 0 Å². The predicted molar refractivity (Wildman–Crippen MR) is 38.6 cm³/mol. The molecule has 62 valence electrons. The van der Waals surface area contributed by atoms with Crippen molar-refractivity contribution in [3.63, 3.8) is 0 Å². The van der Waals surface area contributed by atoms with E-state index < -0.39 is 5.91 Å². The highest BCUT2D eigenvalue weighted by atomic mass is 19.2. The zero-order valence-electron chi connectivity index (χ0n) is 5.95. The van der Waals surface area contributed by atoms with E-state index in [1.165, 1.54) is 12.0 Å². The molecule has 0 fully saturated rings. The summed E-state index contributed by atoms with van der Waals surface area (Å²) >= 11 is 0. The maximum Gasteiger partial charge on any atom is 0.250 e. The zero-order chi connectivity index (χ0) is 9.14. The average Bonchev–Trinajstić information content (AvgIpc) is 2.04. The maximum atomic E-state index is 12.7. The third kappa shape index (κ3) is 1.41. The van der Waals surface area contributed by atoms with Crippen molar-refractivity contribution in [2.24, 2.45) is 5.73 Å². The van der Waals surface area contributed by atoms with Crippen LogP contribution < -0.4 is 5.73 Å². The van der Waals surface area contributed by atoms with Gasteiger partial charge in [-0.1, -0.05) is 4.48 Å². The van der Waals surface area contributed by atoms with Crippen LogP contribution in [0.1, 0.15) is 0 Å². The SMILES string of the molecule is NC(=O)C1=CN(F)C(=C=O)C=C1. The first kappa shape index (κ1) is 8.23. The van der Waals surface area contributed by atoms with E-state index >= 15 is 0 Å². The molecule has 12 heavy (non-hydrogen) atoms. The van der Waals surface area contributed by atoms with Gasteiger partial charge in [0, 0.05) is 0 Å². The number of hydrogen-bond acceptors (Lipinski definition) is 3. The van der Waals surface area contributed by atoms with Crippen LogP contribution in [-0.4, -0.2) is 17.0 Å². The minimum Gasteiger partial charge on any atom is -0.366 e. The molecule has 1 aliphatic heterocycles. The van der Waals surface area contributed by atoms with Crippen molar-refractivity contribution in [3.8, 4) is 0 Å². The van der Waals surface area contributed by atoms with Crippen LogP contribution in [0.5, 0.6) is 0 Å². The Morgan fingerprint density at radius 2 is 2.25 bits per heavy atom. The van der Waals surface area contributed by atoms with Crippen molar-refractivity contribution in [2.75, 3.05) is 0 Å². The highest BCUT2D eigenvalue weighted by molar-refractivity contribution is 5.95. The Morgan fingerprint density at radius 3 is 2.67 bits per heavy atom. The molecule has 0 saturated carbocycles. The first-order chi connectivity index (χ1) is 5.65. The second-order valence-electron chi connectivity index (χ2n) is 2.08. The molecule has 0 aromatic heterocycles. The predicted octanol–water partition coefficient (Wildman–Crippen LogP) is -0.173. The fourth-order valence-electron chi connectivity index (χ4n) is 0.698. The summed E-state index contributed by atoms with van der Waals surface area (Å²) in [5, 5.41) is -0.00685. The van der Waals surface area contributed by atoms with Gasteiger partial charge in [-0.15, -0.1) is 0 Å². The van der Waals surface area contributed by atoms with Crippen LogP contribution >= 0.6 is 0 Å². The number of nitrogens with zero attached hydrogens (tertiary/aromatic N) is 1. The van der Waals surface area contributed by atoms with Gasteiger partial charge in [0.1, 0.15) is 0 Å². The van der Waals surface area contributed by atoms with Crippen molar-refractivity contribution in [1.82, 2.24) is 5.12 Å². The third-order valence-electron chi connectivity index (χ3n) is 1.29. The molecule has 0 atom stereocenters. The van der Waals surface area contributed by atoms with E-state index in [1.807, 2.05) is 0 Å². The number of carbonyl (C=O) groups excluding carboxylic acids is 2. The lowest BCUT2D eigenvalue weighted by atomic mass is 10.2. The van der Waals surface area contributed by atoms with Gasteiger partial charge in [-0.05, 0) is 12.2 Å². The molecule has 4 nitrogen and oxygen atoms in total. The Hall–Kier alpha value is -1.87. The average molecular weight is 168 g/mol. The normalized spacial score (nSPS) is 15.6. The molecule has 1 rings (SSSR count). The highest BCUT2D eigenvalue weighted by Gasteiger charge is 2.13. The molecule has 2 N–H and O–H groups in total. The van der Waals surface area contributed by atoms with Crippen LogP contribution in [0.15, 0.2) is 29.6 Å². The van der Waals surface area contributed by atoms with E-state index in [2.05, 4.69) is 0 Å². The standard InChI is InChI=1S/C7H5FN2O2/c8-10-3-5(7(9)12)1-2-6(10)4-11/h1-3H,(H2,9,12). The van der Waals surface area contributed by atoms with Crippen molar-refractivity contribution in [2.45, 2.75) is 0 Å². The van der Waals surface area contributed by atoms with Crippen LogP contribution in [0, 0.1) is 0 Å². The smallest absolute Gasteiger partial charge is 0.250 e. The molecule has 1 aliphatic rings. The number of halogens is 1. The quantitative estimate of drug-likeness (QED) is 0.436. The van der Waals surface area contributed by atoms with Gasteiger partial charge in [0.2, 0.25) is 5.91 Å². The minimum absolute atomic E-state index is 0.00324. The van der Waals surface area contributed by atoms with Gasteiger partial charge in [0.15, 0.2) is 11.6 Å². The molecule has 0 radical (unpaired) electrons. The first-order valence-electron chi connectivity index (χ1n) is 3.05. The van der Waals surface area contributed by atoms with E-state index in [0.717, 1.165) is 12.3 Å². The van der Waals surface area contributed by atoms with E-state index in [-0.39, 0.29) is 16.4 Å². The lowest BCUT2D eigenvalue weighted by Crippen LogP contribution is -2.18. The van der Waals surface area contributed by atoms with Gasteiger partial charge >= 0.3 is 0 Å². The second kappa shape index (κ2) is 3.02. The Bertz CT molecular complexity index is 326. The zero-order valence-corrected chi connectivity index (χ0v) is 5.95. The van der Waals surface area contributed by atoms with Gasteiger partial charge in [0.25, 0.3) is 0 Å². The Balaban J connectivity index is 2.98. The minimum atomic E-state index is -0.751. The lowest BCUT2D eigenvalue weighted by molar-refractivity contribution is -0.114. The number of amides is 1. The fraction of sp³-hybridized carbons (Fsp3) is 0. The van der Waals surface area contributed by atoms with Gasteiger partial charge in [-0.25, -0.2) is 4.79 Å². The molecule has 0 unspecified atom stereocenters. The van der Waals surface area contributed by atoms with Gasteiger partial charge in [-0.3, -0.25) is 4.79 Å². The number of allylic oxidation sites excluding steroid dienone is 1. The van der Waals surface area contributed by atoms with Gasteiger partial charge < -0.3 is 5.73 Å². The van der Waals surface area contributed by atoms with Crippen LogP contribution in [0.4, 0.5) is 4.48 Å². The molecular weight excluding hydrogens is 163 g/mol. The molecule has 1 amide bonds. The number of nitrogens with two attached hydrogens (primary N) is 1. The molecule has 0 spiro atoms. The van der Waals surface area contributed by atoms with Crippen LogP contribution in [0.2, 0.25) is 0 Å². The largest absolute Gasteiger partial charge is 0.366 e. The molecule has 0 aromatic carbocycles. The van der Waals surface area contributed by atoms with E-state index in [1.54, 1.807) is 0 Å². The fourth-order valence-corrected chi connectivity index (χ4v) is 0.698. The summed E-state index contributed by atoms with van der Waals surface area (Å²) in [6.45, 7) is 0. The van der Waals surface area contributed by atoms with Crippen molar-refractivity contribution >= 4 is 11.8 Å². The summed E-state index contributed by atoms with van der Waals surface area (Å²) in [5.74, 6) is 0.596. The maximum absolute atomic E-state index is 12.7. The lowest BCUT2D eigenvalue weighted by Gasteiger charge is -2.11. The van der Waals surface area contributed by atoms with Crippen molar-refractivity contribution in [3.05, 3.63) is 29.6 Å². The van der Waals surface area contributed by atoms with Crippen molar-refractivity contribution < 1.29 is 14.1 Å². The molecular formula is C7H5FN2O2. The Kier molecular flexibility index (Phi) is 2.07. The van der Waals surface area contributed by atoms with Gasteiger partial charge in [0.05, 0.1) is 11.8 Å². The number of carbonyl (C=O) groups is 1. The summed E-state index contributed by atoms with van der Waals surface area (Å²) in [4.78, 5) is 20.5. The van der Waals surface area contributed by atoms with Crippen LogP contribution in [-0.2, 0) is 9.59 Å². The molecule has 0 bridgehead atoms. The Labute approximate surface area is 67.4 Å².